The third kappa shape index (κ3) is 3.46. The minimum Gasteiger partial charge on any atom is -0.399 e. The minimum atomic E-state index is -0.704. The number of hydrazine groups is 1. The van der Waals surface area contributed by atoms with Crippen molar-refractivity contribution in [2.45, 2.75) is 13.0 Å². The molecule has 1 amide bonds. The Morgan fingerprint density at radius 3 is 2.70 bits per heavy atom. The van der Waals surface area contributed by atoms with Crippen molar-refractivity contribution in [2.75, 3.05) is 5.01 Å². The molecule has 0 aliphatic carbocycles. The number of hydrogen-bond acceptors (Lipinski definition) is 6. The van der Waals surface area contributed by atoms with E-state index in [4.69, 9.17) is 34.8 Å². The first kappa shape index (κ1) is 19.1. The molecule has 0 fully saturated rings. The summed E-state index contributed by atoms with van der Waals surface area (Å²) in [6.45, 7) is 1.72. The Labute approximate surface area is 164 Å². The summed E-state index contributed by atoms with van der Waals surface area (Å²) in [5.41, 5.74) is 7.07. The van der Waals surface area contributed by atoms with Gasteiger partial charge in [0.25, 0.3) is 5.91 Å². The van der Waals surface area contributed by atoms with Crippen LogP contribution in [0.25, 0.3) is 0 Å². The molecule has 3 rings (SSSR count). The normalized spacial score (nSPS) is 16.6. The van der Waals surface area contributed by atoms with Crippen molar-refractivity contribution in [3.63, 3.8) is 0 Å². The first-order valence-corrected chi connectivity index (χ1v) is 8.53. The standard InChI is InChI=1S/C17H15Cl2FN6O/c1-9-16(21)12(26(22)13-8-23-5-6-24-13)4-7-25(9)17(27)10-2-3-11(20)15(19)14(10)18/h2-9H,21-22H2,1H3. The average molecular weight is 409 g/mol. The maximum atomic E-state index is 13.5. The molecule has 2 aromatic rings. The molecule has 0 bridgehead atoms. The topological polar surface area (TPSA) is 101 Å². The van der Waals surface area contributed by atoms with Gasteiger partial charge in [0, 0.05) is 18.6 Å². The van der Waals surface area contributed by atoms with Gasteiger partial charge < -0.3 is 10.6 Å². The lowest BCUT2D eigenvalue weighted by Gasteiger charge is -2.33. The molecule has 1 aromatic carbocycles. The van der Waals surface area contributed by atoms with Gasteiger partial charge in [-0.25, -0.2) is 15.2 Å². The lowest BCUT2D eigenvalue weighted by Crippen LogP contribution is -2.44. The number of aromatic nitrogens is 2. The molecule has 27 heavy (non-hydrogen) atoms. The second-order valence-corrected chi connectivity index (χ2v) is 6.46. The molecular weight excluding hydrogens is 394 g/mol. The van der Waals surface area contributed by atoms with Crippen LogP contribution in [0.2, 0.25) is 10.0 Å². The van der Waals surface area contributed by atoms with E-state index in [0.717, 1.165) is 6.07 Å². The molecule has 7 nitrogen and oxygen atoms in total. The SMILES string of the molecule is CC1C(N)=C(N(N)c2cnccn2)C=CN1C(=O)c1ccc(F)c(Cl)c1Cl. The number of halogens is 3. The van der Waals surface area contributed by atoms with Crippen molar-refractivity contribution in [1.82, 2.24) is 14.9 Å². The van der Waals surface area contributed by atoms with E-state index in [1.54, 1.807) is 13.0 Å². The Morgan fingerprint density at radius 2 is 2.04 bits per heavy atom. The quantitative estimate of drug-likeness (QED) is 0.459. The molecule has 1 atom stereocenters. The lowest BCUT2D eigenvalue weighted by molar-refractivity contribution is 0.0791. The fraction of sp³-hybridized carbons (Fsp3) is 0.118. The molecule has 0 radical (unpaired) electrons. The Morgan fingerprint density at radius 1 is 1.30 bits per heavy atom. The van der Waals surface area contributed by atoms with Gasteiger partial charge in [0.1, 0.15) is 5.82 Å². The van der Waals surface area contributed by atoms with Crippen LogP contribution in [0.4, 0.5) is 10.2 Å². The third-order valence-electron chi connectivity index (χ3n) is 4.11. The molecule has 4 N–H and O–H groups in total. The number of amides is 1. The molecule has 1 aromatic heterocycles. The van der Waals surface area contributed by atoms with Crippen LogP contribution < -0.4 is 16.6 Å². The van der Waals surface area contributed by atoms with Gasteiger partial charge in [-0.15, -0.1) is 0 Å². The van der Waals surface area contributed by atoms with E-state index in [1.165, 1.54) is 40.8 Å². The molecule has 0 saturated carbocycles. The maximum Gasteiger partial charge on any atom is 0.259 e. The van der Waals surface area contributed by atoms with Crippen LogP contribution in [0.15, 0.2) is 54.4 Å². The summed E-state index contributed by atoms with van der Waals surface area (Å²) in [6.07, 6.45) is 7.59. The second-order valence-electron chi connectivity index (χ2n) is 5.70. The zero-order valence-electron chi connectivity index (χ0n) is 14.1. The first-order valence-electron chi connectivity index (χ1n) is 7.77. The molecule has 1 aliphatic heterocycles. The van der Waals surface area contributed by atoms with Gasteiger partial charge in [-0.2, -0.15) is 0 Å². The fourth-order valence-corrected chi connectivity index (χ4v) is 2.97. The largest absolute Gasteiger partial charge is 0.399 e. The molecular formula is C17H15Cl2FN6O. The first-order chi connectivity index (χ1) is 12.8. The number of nitrogens with two attached hydrogens (primary N) is 2. The van der Waals surface area contributed by atoms with Crippen molar-refractivity contribution in [3.8, 4) is 0 Å². The summed E-state index contributed by atoms with van der Waals surface area (Å²) >= 11 is 11.8. The highest BCUT2D eigenvalue weighted by Crippen LogP contribution is 2.31. The predicted octanol–water partition coefficient (Wildman–Crippen LogP) is 2.83. The van der Waals surface area contributed by atoms with E-state index in [2.05, 4.69) is 9.97 Å². The number of hydrogen-bond donors (Lipinski definition) is 2. The van der Waals surface area contributed by atoms with E-state index in [-0.39, 0.29) is 15.6 Å². The van der Waals surface area contributed by atoms with Crippen molar-refractivity contribution >= 4 is 34.9 Å². The third-order valence-corrected chi connectivity index (χ3v) is 4.97. The molecule has 140 valence electrons. The van der Waals surface area contributed by atoms with Crippen LogP contribution in [0, 0.1) is 5.82 Å². The van der Waals surface area contributed by atoms with Crippen LogP contribution in [0.3, 0.4) is 0 Å². The Hall–Kier alpha value is -2.68. The fourth-order valence-electron chi connectivity index (χ4n) is 2.57. The number of rotatable bonds is 3. The Kier molecular flexibility index (Phi) is 5.31. The van der Waals surface area contributed by atoms with E-state index >= 15 is 0 Å². The summed E-state index contributed by atoms with van der Waals surface area (Å²) in [6, 6.07) is 1.82. The molecule has 0 spiro atoms. The van der Waals surface area contributed by atoms with Crippen molar-refractivity contribution in [2.24, 2.45) is 11.6 Å². The van der Waals surface area contributed by atoms with Gasteiger partial charge >= 0.3 is 0 Å². The maximum absolute atomic E-state index is 13.5. The number of benzene rings is 1. The van der Waals surface area contributed by atoms with Crippen LogP contribution >= 0.6 is 23.2 Å². The number of anilines is 1. The number of carbonyl (C=O) groups excluding carboxylic acids is 1. The molecule has 10 heteroatoms. The van der Waals surface area contributed by atoms with Gasteiger partial charge in [-0.05, 0) is 25.1 Å². The zero-order valence-corrected chi connectivity index (χ0v) is 15.6. The molecule has 1 aliphatic rings. The molecule has 0 saturated heterocycles. The van der Waals surface area contributed by atoms with E-state index in [9.17, 15) is 9.18 Å². The monoisotopic (exact) mass is 408 g/mol. The van der Waals surface area contributed by atoms with Gasteiger partial charge in [0.05, 0.1) is 39.2 Å². The highest BCUT2D eigenvalue weighted by Gasteiger charge is 2.29. The van der Waals surface area contributed by atoms with Gasteiger partial charge in [0.15, 0.2) is 5.82 Å². The number of allylic oxidation sites excluding steroid dienone is 1. The van der Waals surface area contributed by atoms with Crippen LogP contribution in [-0.4, -0.2) is 26.8 Å². The summed E-state index contributed by atoms with van der Waals surface area (Å²) in [4.78, 5) is 22.3. The lowest BCUT2D eigenvalue weighted by atomic mass is 10.1. The van der Waals surface area contributed by atoms with Crippen LogP contribution in [0.5, 0.6) is 0 Å². The molecule has 1 unspecified atom stereocenters. The zero-order chi connectivity index (χ0) is 19.7. The summed E-state index contributed by atoms with van der Waals surface area (Å²) in [5.74, 6) is 5.28. The highest BCUT2D eigenvalue weighted by atomic mass is 35.5. The van der Waals surface area contributed by atoms with Crippen LogP contribution in [0.1, 0.15) is 17.3 Å². The minimum absolute atomic E-state index is 0.0642. The summed E-state index contributed by atoms with van der Waals surface area (Å²) in [7, 11) is 0. The predicted molar refractivity (Wildman–Crippen MR) is 101 cm³/mol. The Balaban J connectivity index is 1.90. The number of nitrogens with zero attached hydrogens (tertiary/aromatic N) is 4. The van der Waals surface area contributed by atoms with Crippen molar-refractivity contribution in [3.05, 3.63) is 75.8 Å². The average Bonchev–Trinajstić information content (AvgIpc) is 2.68. The van der Waals surface area contributed by atoms with Crippen molar-refractivity contribution in [1.29, 1.82) is 0 Å². The van der Waals surface area contributed by atoms with Crippen molar-refractivity contribution < 1.29 is 9.18 Å². The van der Waals surface area contributed by atoms with E-state index in [0.29, 0.717) is 17.2 Å². The second kappa shape index (κ2) is 7.51. The van der Waals surface area contributed by atoms with Crippen LogP contribution in [-0.2, 0) is 0 Å². The van der Waals surface area contributed by atoms with Gasteiger partial charge in [-0.1, -0.05) is 23.2 Å². The number of carbonyl (C=O) groups is 1. The summed E-state index contributed by atoms with van der Waals surface area (Å²) in [5, 5.41) is 0.811. The highest BCUT2D eigenvalue weighted by molar-refractivity contribution is 6.44. The van der Waals surface area contributed by atoms with Gasteiger partial charge in [-0.3, -0.25) is 14.8 Å². The Bertz CT molecular complexity index is 950. The smallest absolute Gasteiger partial charge is 0.259 e. The van der Waals surface area contributed by atoms with E-state index < -0.39 is 17.8 Å². The summed E-state index contributed by atoms with van der Waals surface area (Å²) < 4.78 is 13.5. The van der Waals surface area contributed by atoms with E-state index in [1.807, 2.05) is 0 Å². The molecule has 2 heterocycles. The van der Waals surface area contributed by atoms with Gasteiger partial charge in [0.2, 0.25) is 0 Å².